The molecule has 0 radical (unpaired) electrons. The van der Waals surface area contributed by atoms with E-state index in [1.54, 1.807) is 12.3 Å². The molecule has 5 heteroatoms. The van der Waals surface area contributed by atoms with E-state index in [1.807, 2.05) is 0 Å². The van der Waals surface area contributed by atoms with Crippen molar-refractivity contribution in [3.8, 4) is 0 Å². The smallest absolute Gasteiger partial charge is 0.254 e. The van der Waals surface area contributed by atoms with E-state index in [2.05, 4.69) is 33.2 Å². The number of hydrogen-bond donors (Lipinski definition) is 1. The third-order valence-corrected chi connectivity index (χ3v) is 4.52. The average Bonchev–Trinajstić information content (AvgIpc) is 2.40. The summed E-state index contributed by atoms with van der Waals surface area (Å²) in [7, 11) is 0. The SMILES string of the molecule is CC1(CNC(=O)c2cc(Br)cnc2Cl)CCCCC1. The third kappa shape index (κ3) is 3.93. The maximum atomic E-state index is 12.1. The van der Waals surface area contributed by atoms with Crippen molar-refractivity contribution in [3.05, 3.63) is 27.5 Å². The number of nitrogens with zero attached hydrogens (tertiary/aromatic N) is 1. The highest BCUT2D eigenvalue weighted by Crippen LogP contribution is 2.35. The van der Waals surface area contributed by atoms with Gasteiger partial charge in [0.2, 0.25) is 0 Å². The molecule has 0 saturated heterocycles. The Labute approximate surface area is 127 Å². The lowest BCUT2D eigenvalue weighted by molar-refractivity contribution is 0.0919. The molecule has 1 N–H and O–H groups in total. The predicted octanol–water partition coefficient (Wildman–Crippen LogP) is 4.20. The highest BCUT2D eigenvalue weighted by molar-refractivity contribution is 9.10. The van der Waals surface area contributed by atoms with Crippen molar-refractivity contribution < 1.29 is 4.79 Å². The molecule has 0 spiro atoms. The number of carbonyl (C=O) groups excluding carboxylic acids is 1. The van der Waals surface area contributed by atoms with Crippen LogP contribution < -0.4 is 5.32 Å². The molecule has 1 aliphatic carbocycles. The number of amides is 1. The highest BCUT2D eigenvalue weighted by atomic mass is 79.9. The van der Waals surface area contributed by atoms with Gasteiger partial charge in [0.25, 0.3) is 5.91 Å². The molecule has 19 heavy (non-hydrogen) atoms. The number of hydrogen-bond acceptors (Lipinski definition) is 2. The molecule has 3 nitrogen and oxygen atoms in total. The largest absolute Gasteiger partial charge is 0.351 e. The van der Waals surface area contributed by atoms with Gasteiger partial charge in [0, 0.05) is 17.2 Å². The van der Waals surface area contributed by atoms with Crippen LogP contribution in [0, 0.1) is 5.41 Å². The van der Waals surface area contributed by atoms with Crippen LogP contribution >= 0.6 is 27.5 Å². The van der Waals surface area contributed by atoms with Crippen LogP contribution in [0.25, 0.3) is 0 Å². The zero-order valence-corrected chi connectivity index (χ0v) is 13.4. The van der Waals surface area contributed by atoms with Crippen molar-refractivity contribution in [1.29, 1.82) is 0 Å². The van der Waals surface area contributed by atoms with E-state index in [4.69, 9.17) is 11.6 Å². The van der Waals surface area contributed by atoms with Gasteiger partial charge >= 0.3 is 0 Å². The molecule has 0 unspecified atom stereocenters. The Morgan fingerprint density at radius 1 is 1.47 bits per heavy atom. The summed E-state index contributed by atoms with van der Waals surface area (Å²) in [5.41, 5.74) is 0.648. The van der Waals surface area contributed by atoms with Gasteiger partial charge in [-0.2, -0.15) is 0 Å². The predicted molar refractivity (Wildman–Crippen MR) is 80.5 cm³/mol. The van der Waals surface area contributed by atoms with E-state index in [9.17, 15) is 4.79 Å². The Morgan fingerprint density at radius 3 is 2.84 bits per heavy atom. The fourth-order valence-corrected chi connectivity index (χ4v) is 3.07. The minimum atomic E-state index is -0.148. The van der Waals surface area contributed by atoms with E-state index in [0.29, 0.717) is 12.1 Å². The molecule has 0 atom stereocenters. The summed E-state index contributed by atoms with van der Waals surface area (Å²) < 4.78 is 0.755. The monoisotopic (exact) mass is 344 g/mol. The first kappa shape index (κ1) is 14.8. The van der Waals surface area contributed by atoms with Crippen LogP contribution in [0.3, 0.4) is 0 Å². The topological polar surface area (TPSA) is 42.0 Å². The summed E-state index contributed by atoms with van der Waals surface area (Å²) in [4.78, 5) is 16.1. The minimum Gasteiger partial charge on any atom is -0.351 e. The van der Waals surface area contributed by atoms with Crippen molar-refractivity contribution in [2.24, 2.45) is 5.41 Å². The van der Waals surface area contributed by atoms with E-state index in [0.717, 1.165) is 4.47 Å². The first-order valence-electron chi connectivity index (χ1n) is 6.59. The number of halogens is 2. The minimum absolute atomic E-state index is 0.148. The van der Waals surface area contributed by atoms with Gasteiger partial charge in [0.15, 0.2) is 0 Å². The lowest BCUT2D eigenvalue weighted by Gasteiger charge is -2.33. The van der Waals surface area contributed by atoms with Gasteiger partial charge in [-0.25, -0.2) is 4.98 Å². The number of nitrogens with one attached hydrogen (secondary N) is 1. The molecule has 1 aliphatic rings. The lowest BCUT2D eigenvalue weighted by Crippen LogP contribution is -2.37. The Hall–Kier alpha value is -0.610. The van der Waals surface area contributed by atoms with Crippen LogP contribution in [0.2, 0.25) is 5.15 Å². The summed E-state index contributed by atoms with van der Waals surface area (Å²) >= 11 is 9.26. The first-order valence-corrected chi connectivity index (χ1v) is 7.77. The molecule has 1 saturated carbocycles. The maximum absolute atomic E-state index is 12.1. The average molecular weight is 346 g/mol. The first-order chi connectivity index (χ1) is 9.00. The van der Waals surface area contributed by atoms with Crippen LogP contribution in [0.4, 0.5) is 0 Å². The van der Waals surface area contributed by atoms with Crippen LogP contribution in [0.15, 0.2) is 16.7 Å². The Balaban J connectivity index is 1.99. The van der Waals surface area contributed by atoms with E-state index in [1.165, 1.54) is 32.1 Å². The molecule has 1 fully saturated rings. The maximum Gasteiger partial charge on any atom is 0.254 e. The molecule has 1 heterocycles. The Kier molecular flexibility index (Phi) is 4.85. The van der Waals surface area contributed by atoms with E-state index in [-0.39, 0.29) is 16.5 Å². The summed E-state index contributed by atoms with van der Waals surface area (Å²) in [5, 5.41) is 3.24. The zero-order chi connectivity index (χ0) is 13.9. The van der Waals surface area contributed by atoms with Gasteiger partial charge in [-0.3, -0.25) is 4.79 Å². The molecular formula is C14H18BrClN2O. The molecule has 1 aromatic heterocycles. The fraction of sp³-hybridized carbons (Fsp3) is 0.571. The number of aromatic nitrogens is 1. The quantitative estimate of drug-likeness (QED) is 0.834. The molecule has 1 aromatic rings. The van der Waals surface area contributed by atoms with Crippen molar-refractivity contribution in [2.75, 3.05) is 6.54 Å². The van der Waals surface area contributed by atoms with Gasteiger partial charge in [-0.05, 0) is 40.3 Å². The normalized spacial score (nSPS) is 18.1. The molecule has 0 aliphatic heterocycles. The molecule has 0 aromatic carbocycles. The van der Waals surface area contributed by atoms with Gasteiger partial charge in [0.05, 0.1) is 5.56 Å². The zero-order valence-electron chi connectivity index (χ0n) is 11.0. The molecular weight excluding hydrogens is 328 g/mol. The van der Waals surface area contributed by atoms with Crippen LogP contribution in [0.1, 0.15) is 49.4 Å². The highest BCUT2D eigenvalue weighted by Gasteiger charge is 2.27. The molecule has 104 valence electrons. The second kappa shape index (κ2) is 6.23. The van der Waals surface area contributed by atoms with Crippen molar-refractivity contribution in [2.45, 2.75) is 39.0 Å². The summed E-state index contributed by atoms with van der Waals surface area (Å²) in [6.07, 6.45) is 7.76. The van der Waals surface area contributed by atoms with E-state index < -0.39 is 0 Å². The van der Waals surface area contributed by atoms with Gasteiger partial charge < -0.3 is 5.32 Å². The number of carbonyl (C=O) groups is 1. The number of pyridine rings is 1. The van der Waals surface area contributed by atoms with Gasteiger partial charge in [-0.1, -0.05) is 37.8 Å². The van der Waals surface area contributed by atoms with Crippen LogP contribution in [0.5, 0.6) is 0 Å². The lowest BCUT2D eigenvalue weighted by atomic mass is 9.76. The molecule has 2 rings (SSSR count). The molecule has 1 amide bonds. The standard InChI is InChI=1S/C14H18BrClN2O/c1-14(5-3-2-4-6-14)9-18-13(19)11-7-10(15)8-17-12(11)16/h7-8H,2-6,9H2,1H3,(H,18,19). The Morgan fingerprint density at radius 2 is 2.16 bits per heavy atom. The van der Waals surface area contributed by atoms with Crippen LogP contribution in [-0.2, 0) is 0 Å². The van der Waals surface area contributed by atoms with Crippen molar-refractivity contribution in [1.82, 2.24) is 10.3 Å². The third-order valence-electron chi connectivity index (χ3n) is 3.79. The Bertz CT molecular complexity index is 473. The van der Waals surface area contributed by atoms with Gasteiger partial charge in [0.1, 0.15) is 5.15 Å². The second-order valence-corrected chi connectivity index (χ2v) is 6.82. The second-order valence-electron chi connectivity index (χ2n) is 5.55. The van der Waals surface area contributed by atoms with E-state index >= 15 is 0 Å². The van der Waals surface area contributed by atoms with Crippen LogP contribution in [-0.4, -0.2) is 17.4 Å². The van der Waals surface area contributed by atoms with Gasteiger partial charge in [-0.15, -0.1) is 0 Å². The van der Waals surface area contributed by atoms with Crippen molar-refractivity contribution in [3.63, 3.8) is 0 Å². The summed E-state index contributed by atoms with van der Waals surface area (Å²) in [5.74, 6) is -0.148. The summed E-state index contributed by atoms with van der Waals surface area (Å²) in [6, 6.07) is 1.70. The summed E-state index contributed by atoms with van der Waals surface area (Å²) in [6.45, 7) is 2.95. The fourth-order valence-electron chi connectivity index (χ4n) is 2.55. The number of rotatable bonds is 3. The molecule has 0 bridgehead atoms. The van der Waals surface area contributed by atoms with Crippen molar-refractivity contribution >= 4 is 33.4 Å².